The highest BCUT2D eigenvalue weighted by molar-refractivity contribution is 5.98. The molecule has 6 nitrogen and oxygen atoms in total. The molecule has 0 radical (unpaired) electrons. The lowest BCUT2D eigenvalue weighted by molar-refractivity contribution is 1.06. The zero-order valence-corrected chi connectivity index (χ0v) is 16.5. The number of fused-ring (bicyclic) bond motifs is 1. The van der Waals surface area contributed by atoms with E-state index >= 15 is 0 Å². The van der Waals surface area contributed by atoms with Crippen LogP contribution in [-0.2, 0) is 0 Å². The van der Waals surface area contributed by atoms with Gasteiger partial charge in [-0.15, -0.1) is 0 Å². The minimum Gasteiger partial charge on any atom is -0.353 e. The SMILES string of the molecule is C=c1[nH]nc(-c2cc3c(-c4cccnc4)cccc3[nH]2)/c1=C/C(=C\C)c1cn[nH]c1. The molecule has 4 aromatic heterocycles. The van der Waals surface area contributed by atoms with Crippen molar-refractivity contribution in [3.63, 3.8) is 0 Å². The lowest BCUT2D eigenvalue weighted by atomic mass is 10.0. The lowest BCUT2D eigenvalue weighted by Crippen LogP contribution is -2.22. The van der Waals surface area contributed by atoms with Crippen molar-refractivity contribution < 1.29 is 0 Å². The Balaban J connectivity index is 1.68. The molecule has 0 aliphatic carbocycles. The number of hydrogen-bond acceptors (Lipinski definition) is 3. The van der Waals surface area contributed by atoms with Gasteiger partial charge < -0.3 is 4.98 Å². The summed E-state index contributed by atoms with van der Waals surface area (Å²) in [5.41, 5.74) is 7.08. The van der Waals surface area contributed by atoms with Crippen LogP contribution in [0.2, 0.25) is 0 Å². The highest BCUT2D eigenvalue weighted by atomic mass is 15.1. The standard InChI is InChI=1S/C24H20N6/c1-3-16(18-13-26-27-14-18)10-20-15(2)29-30-24(20)23-11-21-19(7-4-8-22(21)28-23)17-6-5-9-25-12-17/h3-14,28-29H,2H2,1H3,(H,26,27)/b16-3+,20-10+. The number of allylic oxidation sites excluding steroid dienone is 2. The first-order valence-electron chi connectivity index (χ1n) is 9.67. The van der Waals surface area contributed by atoms with Crippen molar-refractivity contribution in [3.05, 3.63) is 83.4 Å². The zero-order chi connectivity index (χ0) is 20.5. The Hall–Kier alpha value is -4.19. The largest absolute Gasteiger partial charge is 0.353 e. The van der Waals surface area contributed by atoms with Crippen LogP contribution in [0.5, 0.6) is 0 Å². The second kappa shape index (κ2) is 7.33. The number of rotatable bonds is 4. The quantitative estimate of drug-likeness (QED) is 0.436. The van der Waals surface area contributed by atoms with Crippen LogP contribution in [0.4, 0.5) is 0 Å². The van der Waals surface area contributed by atoms with Gasteiger partial charge in [0.1, 0.15) is 5.69 Å². The summed E-state index contributed by atoms with van der Waals surface area (Å²) in [5, 5.41) is 17.3. The third-order valence-corrected chi connectivity index (χ3v) is 5.22. The molecule has 146 valence electrons. The Morgan fingerprint density at radius 3 is 2.83 bits per heavy atom. The highest BCUT2D eigenvalue weighted by Gasteiger charge is 2.12. The predicted molar refractivity (Wildman–Crippen MR) is 121 cm³/mol. The minimum absolute atomic E-state index is 0.763. The van der Waals surface area contributed by atoms with Crippen molar-refractivity contribution in [2.45, 2.75) is 6.92 Å². The van der Waals surface area contributed by atoms with Gasteiger partial charge >= 0.3 is 0 Å². The molecule has 0 unspecified atom stereocenters. The van der Waals surface area contributed by atoms with E-state index in [1.165, 1.54) is 0 Å². The van der Waals surface area contributed by atoms with Crippen LogP contribution >= 0.6 is 0 Å². The molecule has 0 bridgehead atoms. The van der Waals surface area contributed by atoms with Crippen LogP contribution in [-0.4, -0.2) is 30.4 Å². The van der Waals surface area contributed by atoms with Gasteiger partial charge in [0.25, 0.3) is 0 Å². The summed E-state index contributed by atoms with van der Waals surface area (Å²) >= 11 is 0. The Bertz CT molecular complexity index is 1450. The van der Waals surface area contributed by atoms with Crippen molar-refractivity contribution in [2.24, 2.45) is 0 Å². The fourth-order valence-electron chi connectivity index (χ4n) is 3.70. The average Bonchev–Trinajstić information content (AvgIpc) is 3.52. The summed E-state index contributed by atoms with van der Waals surface area (Å²) in [5.74, 6) is 0. The molecule has 30 heavy (non-hydrogen) atoms. The van der Waals surface area contributed by atoms with Crippen LogP contribution in [0, 0.1) is 0 Å². The fraction of sp³-hybridized carbons (Fsp3) is 0.0417. The minimum atomic E-state index is 0.763. The summed E-state index contributed by atoms with van der Waals surface area (Å²) in [4.78, 5) is 7.78. The summed E-state index contributed by atoms with van der Waals surface area (Å²) in [6, 6.07) is 12.4. The lowest BCUT2D eigenvalue weighted by Gasteiger charge is -2.02. The van der Waals surface area contributed by atoms with E-state index in [1.54, 1.807) is 12.4 Å². The molecule has 0 aliphatic heterocycles. The summed E-state index contributed by atoms with van der Waals surface area (Å²) in [7, 11) is 0. The Kier molecular flexibility index (Phi) is 4.37. The molecule has 6 heteroatoms. The van der Waals surface area contributed by atoms with E-state index < -0.39 is 0 Å². The monoisotopic (exact) mass is 392 g/mol. The second-order valence-corrected chi connectivity index (χ2v) is 7.03. The van der Waals surface area contributed by atoms with E-state index in [0.717, 1.165) is 55.1 Å². The first-order valence-corrected chi connectivity index (χ1v) is 9.67. The number of nitrogens with zero attached hydrogens (tertiary/aromatic N) is 3. The van der Waals surface area contributed by atoms with Gasteiger partial charge in [0.2, 0.25) is 0 Å². The van der Waals surface area contributed by atoms with Crippen molar-refractivity contribution in [1.29, 1.82) is 0 Å². The smallest absolute Gasteiger partial charge is 0.116 e. The van der Waals surface area contributed by atoms with Gasteiger partial charge in [-0.3, -0.25) is 15.2 Å². The normalized spacial score (nSPS) is 12.7. The van der Waals surface area contributed by atoms with E-state index in [2.05, 4.69) is 67.3 Å². The zero-order valence-electron chi connectivity index (χ0n) is 16.5. The molecular weight excluding hydrogens is 372 g/mol. The van der Waals surface area contributed by atoms with Crippen LogP contribution < -0.4 is 10.6 Å². The summed E-state index contributed by atoms with van der Waals surface area (Å²) in [6.07, 6.45) is 11.5. The molecule has 0 saturated carbocycles. The third kappa shape index (κ3) is 3.04. The Morgan fingerprint density at radius 2 is 2.07 bits per heavy atom. The third-order valence-electron chi connectivity index (χ3n) is 5.22. The molecule has 1 aromatic carbocycles. The van der Waals surface area contributed by atoms with E-state index in [-0.39, 0.29) is 0 Å². The van der Waals surface area contributed by atoms with Crippen LogP contribution in [0.3, 0.4) is 0 Å². The molecule has 0 saturated heterocycles. The van der Waals surface area contributed by atoms with Crippen molar-refractivity contribution in [1.82, 2.24) is 30.4 Å². The molecule has 5 rings (SSSR count). The van der Waals surface area contributed by atoms with Crippen molar-refractivity contribution in [2.75, 3.05) is 0 Å². The number of H-pyrrole nitrogens is 3. The second-order valence-electron chi connectivity index (χ2n) is 7.03. The predicted octanol–water partition coefficient (Wildman–Crippen LogP) is 3.64. The molecule has 0 amide bonds. The van der Waals surface area contributed by atoms with Crippen molar-refractivity contribution in [3.8, 4) is 22.5 Å². The molecule has 5 aromatic rings. The molecule has 4 heterocycles. The van der Waals surface area contributed by atoms with Crippen LogP contribution in [0.1, 0.15) is 12.5 Å². The number of nitrogens with one attached hydrogen (secondary N) is 3. The summed E-state index contributed by atoms with van der Waals surface area (Å²) < 4.78 is 0. The van der Waals surface area contributed by atoms with Gasteiger partial charge in [0, 0.05) is 45.8 Å². The van der Waals surface area contributed by atoms with E-state index in [4.69, 9.17) is 0 Å². The number of aromatic nitrogens is 6. The first kappa shape index (κ1) is 17.9. The maximum Gasteiger partial charge on any atom is 0.116 e. The first-order chi connectivity index (χ1) is 14.7. The number of hydrogen-bond donors (Lipinski definition) is 3. The van der Waals surface area contributed by atoms with Crippen molar-refractivity contribution >= 4 is 29.1 Å². The van der Waals surface area contributed by atoms with Gasteiger partial charge in [-0.2, -0.15) is 10.2 Å². The van der Waals surface area contributed by atoms with Crippen LogP contribution in [0.25, 0.3) is 51.6 Å². The average molecular weight is 392 g/mol. The maximum atomic E-state index is 4.54. The fourth-order valence-corrected chi connectivity index (χ4v) is 3.70. The molecule has 0 atom stereocenters. The molecule has 0 fully saturated rings. The number of aromatic amines is 3. The van der Waals surface area contributed by atoms with Crippen LogP contribution in [0.15, 0.2) is 67.3 Å². The van der Waals surface area contributed by atoms with E-state index in [1.807, 2.05) is 37.5 Å². The Morgan fingerprint density at radius 1 is 1.13 bits per heavy atom. The highest BCUT2D eigenvalue weighted by Crippen LogP contribution is 2.30. The molecule has 3 N–H and O–H groups in total. The van der Waals surface area contributed by atoms with E-state index in [0.29, 0.717) is 0 Å². The topological polar surface area (TPSA) is 86.0 Å². The number of pyridine rings is 1. The Labute approximate surface area is 172 Å². The van der Waals surface area contributed by atoms with Gasteiger partial charge in [-0.05, 0) is 42.3 Å². The molecular formula is C24H20N6. The molecule has 0 aliphatic rings. The van der Waals surface area contributed by atoms with Gasteiger partial charge in [-0.25, -0.2) is 0 Å². The number of benzene rings is 1. The van der Waals surface area contributed by atoms with E-state index in [9.17, 15) is 0 Å². The van der Waals surface area contributed by atoms with Gasteiger partial charge in [-0.1, -0.05) is 30.9 Å². The molecule has 0 spiro atoms. The summed E-state index contributed by atoms with van der Waals surface area (Å²) in [6.45, 7) is 6.14. The van der Waals surface area contributed by atoms with Gasteiger partial charge in [0.15, 0.2) is 0 Å². The van der Waals surface area contributed by atoms with Gasteiger partial charge in [0.05, 0.1) is 17.2 Å². The maximum absolute atomic E-state index is 4.54.